The van der Waals surface area contributed by atoms with Crippen molar-refractivity contribution in [3.8, 4) is 0 Å². The van der Waals surface area contributed by atoms with Gasteiger partial charge in [0.15, 0.2) is 0 Å². The summed E-state index contributed by atoms with van der Waals surface area (Å²) in [6, 6.07) is 0.244. The lowest BCUT2D eigenvalue weighted by atomic mass is 10.2. The summed E-state index contributed by atoms with van der Waals surface area (Å²) in [4.78, 5) is 0. The molecule has 0 rings (SSSR count). The standard InChI is InChI=1S/C9H22N2O3S/c1-3-11-15(13,14)8-6-10-9(2)5-4-7-12/h9-12H,3-8H2,1-2H3. The zero-order chi connectivity index (χ0) is 11.7. The Bertz CT molecular complexity index is 242. The van der Waals surface area contributed by atoms with Crippen molar-refractivity contribution in [2.75, 3.05) is 25.4 Å². The van der Waals surface area contributed by atoms with Crippen molar-refractivity contribution >= 4 is 10.0 Å². The smallest absolute Gasteiger partial charge is 0.212 e. The molecule has 0 aromatic carbocycles. The summed E-state index contributed by atoms with van der Waals surface area (Å²) in [5.74, 6) is 0.101. The van der Waals surface area contributed by atoms with Crippen molar-refractivity contribution in [3.05, 3.63) is 0 Å². The average molecular weight is 238 g/mol. The Kier molecular flexibility index (Phi) is 7.95. The van der Waals surface area contributed by atoms with Crippen LogP contribution < -0.4 is 10.0 Å². The second-order valence-electron chi connectivity index (χ2n) is 3.54. The summed E-state index contributed by atoms with van der Waals surface area (Å²) < 4.78 is 24.9. The highest BCUT2D eigenvalue weighted by molar-refractivity contribution is 7.89. The van der Waals surface area contributed by atoms with Gasteiger partial charge in [-0.25, -0.2) is 13.1 Å². The van der Waals surface area contributed by atoms with Gasteiger partial charge in [0.05, 0.1) is 5.75 Å². The fraction of sp³-hybridized carbons (Fsp3) is 1.00. The predicted octanol–water partition coefficient (Wildman–Crippen LogP) is -0.324. The Balaban J connectivity index is 3.60. The third-order valence-electron chi connectivity index (χ3n) is 2.02. The molecule has 0 heterocycles. The van der Waals surface area contributed by atoms with Crippen LogP contribution in [0.15, 0.2) is 0 Å². The predicted molar refractivity (Wildman–Crippen MR) is 61.2 cm³/mol. The van der Waals surface area contributed by atoms with Crippen LogP contribution in [0.5, 0.6) is 0 Å². The molecule has 0 aromatic rings. The second-order valence-corrected chi connectivity index (χ2v) is 5.46. The van der Waals surface area contributed by atoms with Gasteiger partial charge in [-0.2, -0.15) is 0 Å². The van der Waals surface area contributed by atoms with Gasteiger partial charge in [-0.05, 0) is 19.8 Å². The third-order valence-corrected chi connectivity index (χ3v) is 3.49. The lowest BCUT2D eigenvalue weighted by Gasteiger charge is -2.12. The first kappa shape index (κ1) is 14.8. The van der Waals surface area contributed by atoms with Gasteiger partial charge in [-0.15, -0.1) is 0 Å². The molecule has 1 atom stereocenters. The minimum atomic E-state index is -3.11. The number of aliphatic hydroxyl groups excluding tert-OH is 1. The van der Waals surface area contributed by atoms with Gasteiger partial charge >= 0.3 is 0 Å². The molecule has 6 heteroatoms. The average Bonchev–Trinajstić information content (AvgIpc) is 2.14. The molecule has 0 aromatic heterocycles. The van der Waals surface area contributed by atoms with E-state index in [-0.39, 0.29) is 18.4 Å². The molecule has 0 saturated carbocycles. The molecule has 0 aliphatic rings. The summed E-state index contributed by atoms with van der Waals surface area (Å²) in [5.41, 5.74) is 0. The number of hydrogen-bond acceptors (Lipinski definition) is 4. The highest BCUT2D eigenvalue weighted by Gasteiger charge is 2.08. The maximum Gasteiger partial charge on any atom is 0.212 e. The van der Waals surface area contributed by atoms with Gasteiger partial charge in [0.25, 0.3) is 0 Å². The van der Waals surface area contributed by atoms with Crippen molar-refractivity contribution in [1.29, 1.82) is 0 Å². The van der Waals surface area contributed by atoms with E-state index in [9.17, 15) is 8.42 Å². The van der Waals surface area contributed by atoms with E-state index < -0.39 is 10.0 Å². The van der Waals surface area contributed by atoms with Crippen LogP contribution in [-0.4, -0.2) is 45.0 Å². The van der Waals surface area contributed by atoms with E-state index in [4.69, 9.17) is 5.11 Å². The SMILES string of the molecule is CCNS(=O)(=O)CCNC(C)CCCO. The Morgan fingerprint density at radius 2 is 2.07 bits per heavy atom. The molecular formula is C9H22N2O3S. The first-order chi connectivity index (χ1) is 7.02. The third kappa shape index (κ3) is 8.80. The number of aliphatic hydroxyl groups is 1. The van der Waals surface area contributed by atoms with Crippen molar-refractivity contribution in [2.24, 2.45) is 0 Å². The topological polar surface area (TPSA) is 78.4 Å². The summed E-state index contributed by atoms with van der Waals surface area (Å²) in [6.07, 6.45) is 1.60. The molecule has 0 saturated heterocycles. The molecule has 0 fully saturated rings. The summed E-state index contributed by atoms with van der Waals surface area (Å²) in [6.45, 7) is 4.80. The lowest BCUT2D eigenvalue weighted by molar-refractivity contribution is 0.277. The zero-order valence-corrected chi connectivity index (χ0v) is 10.3. The molecule has 92 valence electrons. The Morgan fingerprint density at radius 1 is 1.40 bits per heavy atom. The Hall–Kier alpha value is -0.170. The number of rotatable bonds is 9. The molecule has 5 nitrogen and oxygen atoms in total. The molecule has 0 spiro atoms. The van der Waals surface area contributed by atoms with Crippen LogP contribution in [0.4, 0.5) is 0 Å². The first-order valence-electron chi connectivity index (χ1n) is 5.33. The summed E-state index contributed by atoms with van der Waals surface area (Å²) in [7, 11) is -3.11. The van der Waals surface area contributed by atoms with E-state index in [1.54, 1.807) is 6.92 Å². The summed E-state index contributed by atoms with van der Waals surface area (Å²) >= 11 is 0. The molecule has 3 N–H and O–H groups in total. The second kappa shape index (κ2) is 8.04. The zero-order valence-electron chi connectivity index (χ0n) is 9.49. The molecule has 0 aliphatic carbocycles. The van der Waals surface area contributed by atoms with E-state index in [1.165, 1.54) is 0 Å². The molecule has 1 unspecified atom stereocenters. The van der Waals surface area contributed by atoms with Crippen LogP contribution in [-0.2, 0) is 10.0 Å². The van der Waals surface area contributed by atoms with Gasteiger partial charge in [-0.3, -0.25) is 0 Å². The van der Waals surface area contributed by atoms with E-state index in [0.717, 1.165) is 12.8 Å². The van der Waals surface area contributed by atoms with Crippen molar-refractivity contribution in [2.45, 2.75) is 32.7 Å². The normalized spacial score (nSPS) is 14.1. The van der Waals surface area contributed by atoms with Gasteiger partial charge in [0.1, 0.15) is 0 Å². The van der Waals surface area contributed by atoms with Gasteiger partial charge in [-0.1, -0.05) is 6.92 Å². The molecule has 0 radical (unpaired) electrons. The highest BCUT2D eigenvalue weighted by Crippen LogP contribution is 1.94. The minimum Gasteiger partial charge on any atom is -0.396 e. The van der Waals surface area contributed by atoms with Gasteiger partial charge in [0.2, 0.25) is 10.0 Å². The quantitative estimate of drug-likeness (QED) is 0.514. The number of hydrogen-bond donors (Lipinski definition) is 3. The van der Waals surface area contributed by atoms with E-state index in [2.05, 4.69) is 10.0 Å². The van der Waals surface area contributed by atoms with Crippen LogP contribution >= 0.6 is 0 Å². The monoisotopic (exact) mass is 238 g/mol. The van der Waals surface area contributed by atoms with Crippen molar-refractivity contribution in [1.82, 2.24) is 10.0 Å². The maximum atomic E-state index is 11.2. The fourth-order valence-corrected chi connectivity index (χ4v) is 2.20. The number of nitrogens with one attached hydrogen (secondary N) is 2. The van der Waals surface area contributed by atoms with Crippen LogP contribution in [0.3, 0.4) is 0 Å². The molecule has 0 bridgehead atoms. The van der Waals surface area contributed by atoms with Crippen molar-refractivity contribution < 1.29 is 13.5 Å². The lowest BCUT2D eigenvalue weighted by Crippen LogP contribution is -2.35. The Morgan fingerprint density at radius 3 is 2.60 bits per heavy atom. The largest absolute Gasteiger partial charge is 0.396 e. The van der Waals surface area contributed by atoms with Gasteiger partial charge in [0, 0.05) is 25.7 Å². The summed E-state index contributed by atoms with van der Waals surface area (Å²) in [5, 5.41) is 11.7. The molecule has 0 aliphatic heterocycles. The fourth-order valence-electron chi connectivity index (χ4n) is 1.23. The molecule has 0 amide bonds. The van der Waals surface area contributed by atoms with Crippen molar-refractivity contribution in [3.63, 3.8) is 0 Å². The van der Waals surface area contributed by atoms with E-state index in [0.29, 0.717) is 13.1 Å². The molecular weight excluding hydrogens is 216 g/mol. The number of sulfonamides is 1. The van der Waals surface area contributed by atoms with Crippen LogP contribution in [0.25, 0.3) is 0 Å². The van der Waals surface area contributed by atoms with E-state index >= 15 is 0 Å². The Labute approximate surface area is 92.3 Å². The van der Waals surface area contributed by atoms with Gasteiger partial charge < -0.3 is 10.4 Å². The van der Waals surface area contributed by atoms with Crippen LogP contribution in [0.1, 0.15) is 26.7 Å². The van der Waals surface area contributed by atoms with E-state index in [1.807, 2.05) is 6.92 Å². The molecule has 15 heavy (non-hydrogen) atoms. The maximum absolute atomic E-state index is 11.2. The first-order valence-corrected chi connectivity index (χ1v) is 6.98. The highest BCUT2D eigenvalue weighted by atomic mass is 32.2. The van der Waals surface area contributed by atoms with Crippen LogP contribution in [0.2, 0.25) is 0 Å². The minimum absolute atomic E-state index is 0.101. The van der Waals surface area contributed by atoms with Crippen LogP contribution in [0, 0.1) is 0 Å².